The van der Waals surface area contributed by atoms with Gasteiger partial charge in [-0.1, -0.05) is 72.8 Å². The molecular weight excluding hydrogens is 266 g/mol. The van der Waals surface area contributed by atoms with Crippen LogP contribution in [-0.4, -0.2) is 0 Å². The topological polar surface area (TPSA) is 23.8 Å². The molecule has 0 heterocycles. The van der Waals surface area contributed by atoms with Crippen LogP contribution in [0.4, 0.5) is 0 Å². The van der Waals surface area contributed by atoms with Crippen LogP contribution in [0.15, 0.2) is 72.8 Å². The molecule has 0 N–H and O–H groups in total. The maximum Gasteiger partial charge on any atom is 0.0970 e. The number of allylic oxidation sites excluding steroid dienone is 4. The van der Waals surface area contributed by atoms with Crippen molar-refractivity contribution in [1.29, 1.82) is 5.26 Å². The predicted octanol–water partition coefficient (Wildman–Crippen LogP) is 4.58. The highest BCUT2D eigenvalue weighted by atomic mass is 14.7. The Morgan fingerprint density at radius 1 is 0.864 bits per heavy atom. The number of hydrogen-bond acceptors (Lipinski definition) is 1. The van der Waals surface area contributed by atoms with E-state index in [0.29, 0.717) is 11.8 Å². The van der Waals surface area contributed by atoms with E-state index >= 15 is 0 Å². The predicted molar refractivity (Wildman–Crippen MR) is 87.2 cm³/mol. The maximum atomic E-state index is 10.2. The van der Waals surface area contributed by atoms with E-state index in [2.05, 4.69) is 78.9 Å². The van der Waals surface area contributed by atoms with Crippen LogP contribution in [0.1, 0.15) is 17.0 Å². The molecule has 0 radical (unpaired) electrons. The quantitative estimate of drug-likeness (QED) is 0.693. The second-order valence-electron chi connectivity index (χ2n) is 6.46. The van der Waals surface area contributed by atoms with Gasteiger partial charge in [-0.15, -0.1) is 0 Å². The molecular formula is C21H15N. The molecule has 0 bridgehead atoms. The normalized spacial score (nSPS) is 32.8. The third-order valence-electron chi connectivity index (χ3n) is 5.72. The van der Waals surface area contributed by atoms with Gasteiger partial charge in [0.1, 0.15) is 0 Å². The zero-order chi connectivity index (χ0) is 14.7. The zero-order valence-electron chi connectivity index (χ0n) is 12.1. The number of nitriles is 1. The summed E-state index contributed by atoms with van der Waals surface area (Å²) in [5.41, 5.74) is 4.68. The first kappa shape index (κ1) is 12.0. The van der Waals surface area contributed by atoms with Gasteiger partial charge in [-0.05, 0) is 28.2 Å². The van der Waals surface area contributed by atoms with E-state index in [9.17, 15) is 5.26 Å². The Kier molecular flexibility index (Phi) is 2.18. The van der Waals surface area contributed by atoms with Crippen LogP contribution in [0.5, 0.6) is 0 Å². The summed E-state index contributed by atoms with van der Waals surface area (Å²) in [6.07, 6.45) is 8.75. The van der Waals surface area contributed by atoms with Gasteiger partial charge in [-0.3, -0.25) is 0 Å². The SMILES string of the molecule is N#C[C@]12c3ccccc3-c3ccccc3[C@H]1C1C=CC=CC12. The summed E-state index contributed by atoms with van der Waals surface area (Å²) >= 11 is 0. The zero-order valence-corrected chi connectivity index (χ0v) is 12.1. The molecule has 1 heteroatoms. The summed E-state index contributed by atoms with van der Waals surface area (Å²) in [4.78, 5) is 0. The molecule has 1 nitrogen and oxygen atoms in total. The summed E-state index contributed by atoms with van der Waals surface area (Å²) in [6.45, 7) is 0. The van der Waals surface area contributed by atoms with E-state index in [0.717, 1.165) is 0 Å². The minimum Gasteiger partial charge on any atom is -0.197 e. The van der Waals surface area contributed by atoms with Crippen LogP contribution in [0.25, 0.3) is 11.1 Å². The van der Waals surface area contributed by atoms with Crippen molar-refractivity contribution in [3.8, 4) is 17.2 Å². The lowest BCUT2D eigenvalue weighted by Crippen LogP contribution is -2.58. The summed E-state index contributed by atoms with van der Waals surface area (Å²) < 4.78 is 0. The smallest absolute Gasteiger partial charge is 0.0970 e. The molecule has 1 fully saturated rings. The third-order valence-corrected chi connectivity index (χ3v) is 5.72. The Hall–Kier alpha value is -2.59. The fourth-order valence-electron chi connectivity index (χ4n) is 4.89. The monoisotopic (exact) mass is 281 g/mol. The lowest BCUT2D eigenvalue weighted by molar-refractivity contribution is 0.106. The van der Waals surface area contributed by atoms with Gasteiger partial charge in [-0.25, -0.2) is 0 Å². The van der Waals surface area contributed by atoms with Crippen LogP contribution in [-0.2, 0) is 5.41 Å². The van der Waals surface area contributed by atoms with Crippen LogP contribution in [0, 0.1) is 23.2 Å². The molecule has 104 valence electrons. The van der Waals surface area contributed by atoms with Crippen molar-refractivity contribution in [1.82, 2.24) is 0 Å². The van der Waals surface area contributed by atoms with Gasteiger partial charge in [0.2, 0.25) is 0 Å². The highest BCUT2D eigenvalue weighted by Gasteiger charge is 2.64. The Bertz CT molecular complexity index is 883. The largest absolute Gasteiger partial charge is 0.197 e. The summed E-state index contributed by atoms with van der Waals surface area (Å²) in [5.74, 6) is 1.01. The van der Waals surface area contributed by atoms with Crippen molar-refractivity contribution in [2.45, 2.75) is 11.3 Å². The van der Waals surface area contributed by atoms with E-state index in [1.54, 1.807) is 0 Å². The van der Waals surface area contributed by atoms with Crippen molar-refractivity contribution in [2.75, 3.05) is 0 Å². The fourth-order valence-corrected chi connectivity index (χ4v) is 4.89. The number of fused-ring (bicyclic) bond motifs is 9. The maximum absolute atomic E-state index is 10.2. The van der Waals surface area contributed by atoms with Crippen LogP contribution in [0.3, 0.4) is 0 Å². The van der Waals surface area contributed by atoms with Gasteiger partial charge >= 0.3 is 0 Å². The first-order valence-electron chi connectivity index (χ1n) is 7.83. The molecule has 3 aliphatic rings. The van der Waals surface area contributed by atoms with E-state index < -0.39 is 5.41 Å². The molecule has 0 spiro atoms. The van der Waals surface area contributed by atoms with E-state index in [-0.39, 0.29) is 5.92 Å². The lowest BCUT2D eigenvalue weighted by Gasteiger charge is -2.60. The molecule has 0 aliphatic heterocycles. The fraction of sp³-hybridized carbons (Fsp3) is 0.190. The van der Waals surface area contributed by atoms with Gasteiger partial charge < -0.3 is 0 Å². The lowest BCUT2D eigenvalue weighted by atomic mass is 9.40. The summed E-state index contributed by atoms with van der Waals surface area (Å²) in [6, 6.07) is 19.8. The third kappa shape index (κ3) is 1.17. The first-order valence-corrected chi connectivity index (χ1v) is 7.83. The minimum absolute atomic E-state index is 0.273. The molecule has 4 atom stereocenters. The molecule has 3 aliphatic carbocycles. The molecule has 0 saturated heterocycles. The standard InChI is InChI=1S/C21H15N/c22-13-21-18-11-5-3-8-15(18)14-7-1-2-9-16(14)20(21)17-10-4-6-12-19(17)21/h1-12,17,19-20H/t17?,19?,20-,21+/m0/s1. The molecule has 5 rings (SSSR count). The minimum atomic E-state index is -0.406. The molecule has 2 aromatic carbocycles. The molecule has 2 aromatic rings. The highest BCUT2D eigenvalue weighted by molar-refractivity contribution is 5.79. The van der Waals surface area contributed by atoms with Gasteiger partial charge in [0.15, 0.2) is 0 Å². The van der Waals surface area contributed by atoms with E-state index in [4.69, 9.17) is 0 Å². The average Bonchev–Trinajstić information content (AvgIpc) is 2.58. The second-order valence-corrected chi connectivity index (χ2v) is 6.46. The van der Waals surface area contributed by atoms with Gasteiger partial charge in [0.25, 0.3) is 0 Å². The van der Waals surface area contributed by atoms with Gasteiger partial charge in [0.05, 0.1) is 11.5 Å². The highest BCUT2D eigenvalue weighted by Crippen LogP contribution is 2.68. The van der Waals surface area contributed by atoms with Gasteiger partial charge in [-0.2, -0.15) is 5.26 Å². The van der Waals surface area contributed by atoms with Crippen LogP contribution < -0.4 is 0 Å². The average molecular weight is 281 g/mol. The van der Waals surface area contributed by atoms with Crippen molar-refractivity contribution >= 4 is 0 Å². The van der Waals surface area contributed by atoms with Crippen LogP contribution in [0.2, 0.25) is 0 Å². The summed E-state index contributed by atoms with van der Waals surface area (Å²) in [7, 11) is 0. The van der Waals surface area contributed by atoms with Crippen molar-refractivity contribution in [2.24, 2.45) is 11.8 Å². The Morgan fingerprint density at radius 3 is 2.45 bits per heavy atom. The van der Waals surface area contributed by atoms with E-state index in [1.807, 2.05) is 0 Å². The van der Waals surface area contributed by atoms with Crippen molar-refractivity contribution in [3.63, 3.8) is 0 Å². The Morgan fingerprint density at radius 2 is 1.59 bits per heavy atom. The second kappa shape index (κ2) is 3.99. The molecule has 2 unspecified atom stereocenters. The number of hydrogen-bond donors (Lipinski definition) is 0. The van der Waals surface area contributed by atoms with Gasteiger partial charge in [0, 0.05) is 11.8 Å². The number of benzene rings is 2. The molecule has 22 heavy (non-hydrogen) atoms. The summed E-state index contributed by atoms with van der Waals surface area (Å²) in [5, 5.41) is 10.2. The molecule has 1 saturated carbocycles. The van der Waals surface area contributed by atoms with Crippen molar-refractivity contribution in [3.05, 3.63) is 84.0 Å². The van der Waals surface area contributed by atoms with E-state index in [1.165, 1.54) is 22.3 Å². The molecule has 0 aromatic heterocycles. The number of rotatable bonds is 0. The first-order chi connectivity index (χ1) is 10.9. The Balaban J connectivity index is 1.87. The van der Waals surface area contributed by atoms with Crippen LogP contribution >= 0.6 is 0 Å². The molecule has 0 amide bonds. The van der Waals surface area contributed by atoms with Crippen molar-refractivity contribution < 1.29 is 0 Å². The Labute approximate surface area is 130 Å². The number of nitrogens with zero attached hydrogens (tertiary/aromatic N) is 1.